The summed E-state index contributed by atoms with van der Waals surface area (Å²) in [7, 11) is 0. The zero-order valence-electron chi connectivity index (χ0n) is 12.6. The predicted octanol–water partition coefficient (Wildman–Crippen LogP) is 4.90. The minimum Gasteiger partial charge on any atom is -0.320 e. The van der Waals surface area contributed by atoms with E-state index >= 15 is 0 Å². The second-order valence-electron chi connectivity index (χ2n) is 4.64. The molecule has 10 heteroatoms. The van der Waals surface area contributed by atoms with Gasteiger partial charge >= 0.3 is 0 Å². The van der Waals surface area contributed by atoms with Gasteiger partial charge in [0.2, 0.25) is 5.91 Å². The van der Waals surface area contributed by atoms with Gasteiger partial charge in [0.1, 0.15) is 17.3 Å². The number of para-hydroxylation sites is 1. The number of nitrogens with one attached hydrogen (secondary N) is 1. The second kappa shape index (κ2) is 8.75. The largest absolute Gasteiger partial charge is 0.320 e. The van der Waals surface area contributed by atoms with Crippen LogP contribution in [0.5, 0.6) is 0 Å². The number of hydrogen-bond donors (Lipinski definition) is 1. The van der Waals surface area contributed by atoms with E-state index in [0.29, 0.717) is 4.34 Å². The monoisotopic (exact) mass is 415 g/mol. The zero-order chi connectivity index (χ0) is 17.6. The van der Waals surface area contributed by atoms with Gasteiger partial charge in [0.05, 0.1) is 5.75 Å². The van der Waals surface area contributed by atoms with Crippen molar-refractivity contribution < 1.29 is 13.6 Å². The molecule has 0 radical (unpaired) electrons. The van der Waals surface area contributed by atoms with Crippen molar-refractivity contribution in [2.75, 3.05) is 11.1 Å². The van der Waals surface area contributed by atoms with Gasteiger partial charge < -0.3 is 5.32 Å². The molecule has 0 saturated carbocycles. The Balaban J connectivity index is 1.49. The summed E-state index contributed by atoms with van der Waals surface area (Å²) in [5.41, 5.74) is -0.433. The maximum absolute atomic E-state index is 13.5. The van der Waals surface area contributed by atoms with Crippen molar-refractivity contribution in [3.63, 3.8) is 0 Å². The van der Waals surface area contributed by atoms with Crippen LogP contribution in [0, 0.1) is 11.6 Å². The molecule has 130 valence electrons. The lowest BCUT2D eigenvalue weighted by Crippen LogP contribution is -2.16. The summed E-state index contributed by atoms with van der Waals surface area (Å²) in [5, 5.41) is 12.3. The molecule has 2 aromatic heterocycles. The molecule has 1 N–H and O–H groups in total. The second-order valence-corrected chi connectivity index (χ2v) is 9.09. The average molecular weight is 416 g/mol. The Labute approximate surface area is 159 Å². The fourth-order valence-corrected chi connectivity index (χ4v) is 5.35. The molecule has 0 aliphatic carbocycles. The molecule has 0 bridgehead atoms. The summed E-state index contributed by atoms with van der Waals surface area (Å²) in [6.45, 7) is 0. The summed E-state index contributed by atoms with van der Waals surface area (Å²) in [6, 6.07) is 7.48. The van der Waals surface area contributed by atoms with E-state index in [1.807, 2.05) is 11.4 Å². The summed E-state index contributed by atoms with van der Waals surface area (Å²) in [6.07, 6.45) is 0. The topological polar surface area (TPSA) is 54.9 Å². The van der Waals surface area contributed by atoms with Crippen molar-refractivity contribution in [3.05, 3.63) is 52.2 Å². The molecule has 1 amide bonds. The standard InChI is InChI=1S/C15H11F2N3OS4/c16-10-4-1-5-11(17)13(10)18-12(21)8-24-15-20-19-14(25-15)23-7-9-3-2-6-22-9/h1-6H,7-8H2,(H,18,21). The maximum atomic E-state index is 13.5. The molecule has 0 fully saturated rings. The van der Waals surface area contributed by atoms with Crippen molar-refractivity contribution in [2.45, 2.75) is 14.4 Å². The van der Waals surface area contributed by atoms with E-state index in [4.69, 9.17) is 0 Å². The molecule has 3 rings (SSSR count). The third-order valence-corrected chi connectivity index (χ3v) is 7.16. The Morgan fingerprint density at radius 1 is 1.08 bits per heavy atom. The number of thioether (sulfide) groups is 2. The van der Waals surface area contributed by atoms with Crippen LogP contribution in [0.2, 0.25) is 0 Å². The molecule has 2 heterocycles. The van der Waals surface area contributed by atoms with Crippen LogP contribution in [0.3, 0.4) is 0 Å². The highest BCUT2D eigenvalue weighted by atomic mass is 32.2. The first kappa shape index (κ1) is 18.3. The van der Waals surface area contributed by atoms with E-state index in [1.54, 1.807) is 23.1 Å². The highest BCUT2D eigenvalue weighted by Gasteiger charge is 2.13. The minimum absolute atomic E-state index is 0.00199. The summed E-state index contributed by atoms with van der Waals surface area (Å²) in [4.78, 5) is 13.1. The van der Waals surface area contributed by atoms with E-state index in [2.05, 4.69) is 21.6 Å². The lowest BCUT2D eigenvalue weighted by atomic mass is 10.3. The van der Waals surface area contributed by atoms with E-state index < -0.39 is 23.2 Å². The number of benzene rings is 1. The number of carbonyl (C=O) groups is 1. The summed E-state index contributed by atoms with van der Waals surface area (Å²) in [5.74, 6) is -1.29. The number of rotatable bonds is 7. The fraction of sp³-hybridized carbons (Fsp3) is 0.133. The van der Waals surface area contributed by atoms with Crippen LogP contribution in [0.1, 0.15) is 4.88 Å². The van der Waals surface area contributed by atoms with Gasteiger partial charge in [0.25, 0.3) is 0 Å². The number of anilines is 1. The number of nitrogens with zero attached hydrogens (tertiary/aromatic N) is 2. The average Bonchev–Trinajstić information content (AvgIpc) is 3.26. The van der Waals surface area contributed by atoms with Gasteiger partial charge in [-0.1, -0.05) is 47.0 Å². The molecule has 1 aromatic carbocycles. The molecule has 0 atom stereocenters. The summed E-state index contributed by atoms with van der Waals surface area (Å²) < 4.78 is 28.4. The molecule has 0 spiro atoms. The normalized spacial score (nSPS) is 10.8. The molecule has 3 aromatic rings. The van der Waals surface area contributed by atoms with E-state index in [0.717, 1.165) is 22.2 Å². The smallest absolute Gasteiger partial charge is 0.234 e. The Morgan fingerprint density at radius 3 is 2.48 bits per heavy atom. The quantitative estimate of drug-likeness (QED) is 0.556. The Morgan fingerprint density at radius 2 is 1.80 bits per heavy atom. The van der Waals surface area contributed by atoms with Crippen LogP contribution in [-0.2, 0) is 10.5 Å². The molecule has 0 unspecified atom stereocenters. The van der Waals surface area contributed by atoms with Gasteiger partial charge in [-0.3, -0.25) is 4.79 Å². The molecule has 0 aliphatic rings. The number of hydrogen-bond acceptors (Lipinski definition) is 7. The third-order valence-electron chi connectivity index (χ3n) is 2.86. The molecule has 4 nitrogen and oxygen atoms in total. The number of carbonyl (C=O) groups excluding carboxylic acids is 1. The number of halogens is 2. The zero-order valence-corrected chi connectivity index (χ0v) is 15.8. The van der Waals surface area contributed by atoms with E-state index in [1.165, 1.54) is 34.0 Å². The van der Waals surface area contributed by atoms with Crippen molar-refractivity contribution in [2.24, 2.45) is 0 Å². The Bertz CT molecular complexity index is 834. The van der Waals surface area contributed by atoms with Crippen LogP contribution < -0.4 is 5.32 Å². The van der Waals surface area contributed by atoms with Crippen LogP contribution in [0.4, 0.5) is 14.5 Å². The number of thiophene rings is 1. The molecular weight excluding hydrogens is 404 g/mol. The van der Waals surface area contributed by atoms with E-state index in [9.17, 15) is 13.6 Å². The van der Waals surface area contributed by atoms with Crippen molar-refractivity contribution in [3.8, 4) is 0 Å². The first-order chi connectivity index (χ1) is 12.1. The first-order valence-corrected chi connectivity index (χ1v) is 10.6. The Kier molecular flexibility index (Phi) is 6.40. The fourth-order valence-electron chi connectivity index (χ4n) is 1.76. The van der Waals surface area contributed by atoms with Crippen LogP contribution in [-0.4, -0.2) is 21.9 Å². The van der Waals surface area contributed by atoms with Crippen LogP contribution in [0.25, 0.3) is 0 Å². The first-order valence-electron chi connectivity index (χ1n) is 6.97. The van der Waals surface area contributed by atoms with Crippen LogP contribution in [0.15, 0.2) is 44.4 Å². The van der Waals surface area contributed by atoms with Crippen molar-refractivity contribution in [1.29, 1.82) is 0 Å². The maximum Gasteiger partial charge on any atom is 0.234 e. The van der Waals surface area contributed by atoms with Gasteiger partial charge in [-0.2, -0.15) is 0 Å². The third kappa shape index (κ3) is 5.24. The Hall–Kier alpha value is -1.49. The van der Waals surface area contributed by atoms with Gasteiger partial charge in [0, 0.05) is 10.6 Å². The van der Waals surface area contributed by atoms with Gasteiger partial charge in [0.15, 0.2) is 8.68 Å². The lowest BCUT2D eigenvalue weighted by molar-refractivity contribution is -0.113. The van der Waals surface area contributed by atoms with E-state index in [-0.39, 0.29) is 5.75 Å². The molecule has 0 saturated heterocycles. The number of aromatic nitrogens is 2. The highest BCUT2D eigenvalue weighted by Crippen LogP contribution is 2.31. The highest BCUT2D eigenvalue weighted by molar-refractivity contribution is 8.03. The van der Waals surface area contributed by atoms with Gasteiger partial charge in [-0.25, -0.2) is 8.78 Å². The van der Waals surface area contributed by atoms with Crippen molar-refractivity contribution >= 4 is 57.8 Å². The molecule has 0 aliphatic heterocycles. The number of amides is 1. The van der Waals surface area contributed by atoms with Gasteiger partial charge in [-0.15, -0.1) is 21.5 Å². The SMILES string of the molecule is O=C(CSc1nnc(SCc2cccs2)s1)Nc1c(F)cccc1F. The molecule has 25 heavy (non-hydrogen) atoms. The van der Waals surface area contributed by atoms with Crippen LogP contribution >= 0.6 is 46.2 Å². The summed E-state index contributed by atoms with van der Waals surface area (Å²) >= 11 is 5.83. The lowest BCUT2D eigenvalue weighted by Gasteiger charge is -2.06. The predicted molar refractivity (Wildman–Crippen MR) is 99.5 cm³/mol. The van der Waals surface area contributed by atoms with Gasteiger partial charge in [-0.05, 0) is 23.6 Å². The minimum atomic E-state index is -0.804. The van der Waals surface area contributed by atoms with Crippen molar-refractivity contribution in [1.82, 2.24) is 10.2 Å². The molecular formula is C15H11F2N3OS4.